The van der Waals surface area contributed by atoms with E-state index in [1.54, 1.807) is 0 Å². The molecule has 2 aliphatic heterocycles. The fourth-order valence-corrected chi connectivity index (χ4v) is 3.36. The minimum atomic E-state index is 0.310. The van der Waals surface area contributed by atoms with Crippen molar-refractivity contribution in [2.45, 2.75) is 44.2 Å². The van der Waals surface area contributed by atoms with Gasteiger partial charge < -0.3 is 15.0 Å². The lowest BCUT2D eigenvalue weighted by molar-refractivity contribution is 0.163. The van der Waals surface area contributed by atoms with Gasteiger partial charge in [-0.25, -0.2) is 0 Å². The third-order valence-electron chi connectivity index (χ3n) is 4.46. The molecule has 3 rings (SSSR count). The van der Waals surface area contributed by atoms with Crippen LogP contribution in [0.2, 0.25) is 0 Å². The average molecular weight is 285 g/mol. The van der Waals surface area contributed by atoms with Gasteiger partial charge in [0.05, 0.1) is 18.2 Å². The summed E-state index contributed by atoms with van der Waals surface area (Å²) in [6, 6.07) is 11.0. The van der Waals surface area contributed by atoms with Crippen molar-refractivity contribution in [3.05, 3.63) is 24.3 Å². The zero-order chi connectivity index (χ0) is 14.5. The van der Waals surface area contributed by atoms with Gasteiger partial charge in [0.2, 0.25) is 0 Å². The minimum Gasteiger partial charge on any atom is -0.488 e. The molecule has 2 heterocycles. The molecular weight excluding hydrogens is 262 g/mol. The van der Waals surface area contributed by atoms with Crippen LogP contribution < -0.4 is 15.0 Å². The molecule has 1 N–H and O–H groups in total. The summed E-state index contributed by atoms with van der Waals surface area (Å²) in [4.78, 5) is 2.36. The van der Waals surface area contributed by atoms with Crippen molar-refractivity contribution >= 4 is 5.69 Å². The Kier molecular flexibility index (Phi) is 4.62. The summed E-state index contributed by atoms with van der Waals surface area (Å²) in [6.07, 6.45) is 5.31. The molecule has 21 heavy (non-hydrogen) atoms. The Balaban J connectivity index is 1.77. The fraction of sp³-hybridized carbons (Fsp3) is 0.588. The molecule has 4 heteroatoms. The highest BCUT2D eigenvalue weighted by Gasteiger charge is 2.27. The highest BCUT2D eigenvalue weighted by Crippen LogP contribution is 2.35. The third-order valence-corrected chi connectivity index (χ3v) is 4.46. The summed E-state index contributed by atoms with van der Waals surface area (Å²) in [6.45, 7) is 3.10. The summed E-state index contributed by atoms with van der Waals surface area (Å²) in [5.41, 5.74) is 1.16. The van der Waals surface area contributed by atoms with Gasteiger partial charge in [0.1, 0.15) is 11.9 Å². The molecule has 0 aliphatic carbocycles. The maximum Gasteiger partial charge on any atom is 0.143 e. The molecule has 2 fully saturated rings. The van der Waals surface area contributed by atoms with Crippen molar-refractivity contribution in [1.29, 1.82) is 5.26 Å². The Labute approximate surface area is 126 Å². The Morgan fingerprint density at radius 3 is 2.86 bits per heavy atom. The van der Waals surface area contributed by atoms with E-state index in [4.69, 9.17) is 10.00 Å². The van der Waals surface area contributed by atoms with Crippen molar-refractivity contribution in [3.63, 3.8) is 0 Å². The smallest absolute Gasteiger partial charge is 0.143 e. The molecule has 4 nitrogen and oxygen atoms in total. The normalized spacial score (nSPS) is 23.0. The van der Waals surface area contributed by atoms with Crippen LogP contribution in [0, 0.1) is 11.3 Å². The first-order valence-electron chi connectivity index (χ1n) is 7.98. The number of nitrogens with zero attached hydrogens (tertiary/aromatic N) is 2. The molecule has 0 amide bonds. The van der Waals surface area contributed by atoms with E-state index < -0.39 is 0 Å². The monoisotopic (exact) mass is 285 g/mol. The second-order valence-electron chi connectivity index (χ2n) is 5.89. The van der Waals surface area contributed by atoms with Crippen LogP contribution in [0.1, 0.15) is 32.1 Å². The Hall–Kier alpha value is -1.73. The van der Waals surface area contributed by atoms with Gasteiger partial charge in [0, 0.05) is 12.6 Å². The van der Waals surface area contributed by atoms with Crippen LogP contribution >= 0.6 is 0 Å². The maximum atomic E-state index is 9.01. The van der Waals surface area contributed by atoms with Crippen LogP contribution in [0.3, 0.4) is 0 Å². The van der Waals surface area contributed by atoms with Gasteiger partial charge in [-0.2, -0.15) is 5.26 Å². The van der Waals surface area contributed by atoms with E-state index in [2.05, 4.69) is 34.5 Å². The Morgan fingerprint density at radius 2 is 2.05 bits per heavy atom. The van der Waals surface area contributed by atoms with Gasteiger partial charge in [-0.3, -0.25) is 0 Å². The lowest BCUT2D eigenvalue weighted by atomic mass is 10.1. The molecule has 2 aliphatic rings. The van der Waals surface area contributed by atoms with Crippen molar-refractivity contribution in [1.82, 2.24) is 5.32 Å². The van der Waals surface area contributed by atoms with E-state index in [9.17, 15) is 0 Å². The van der Waals surface area contributed by atoms with Crippen molar-refractivity contribution in [3.8, 4) is 11.8 Å². The third kappa shape index (κ3) is 3.30. The molecule has 1 atom stereocenters. The van der Waals surface area contributed by atoms with Crippen LogP contribution in [0.5, 0.6) is 5.75 Å². The van der Waals surface area contributed by atoms with Crippen LogP contribution in [-0.2, 0) is 0 Å². The Bertz CT molecular complexity index is 505. The summed E-state index contributed by atoms with van der Waals surface area (Å²) >= 11 is 0. The topological polar surface area (TPSA) is 48.3 Å². The summed E-state index contributed by atoms with van der Waals surface area (Å²) in [5, 5.41) is 12.4. The first kappa shape index (κ1) is 14.2. The van der Waals surface area contributed by atoms with Gasteiger partial charge in [-0.1, -0.05) is 12.1 Å². The predicted octanol–water partition coefficient (Wildman–Crippen LogP) is 2.70. The lowest BCUT2D eigenvalue weighted by Crippen LogP contribution is -2.35. The summed E-state index contributed by atoms with van der Waals surface area (Å²) in [5.74, 6) is 0.981. The molecule has 112 valence electrons. The second kappa shape index (κ2) is 6.82. The number of benzene rings is 1. The second-order valence-corrected chi connectivity index (χ2v) is 5.89. The van der Waals surface area contributed by atoms with E-state index in [-0.39, 0.29) is 0 Å². The van der Waals surface area contributed by atoms with Crippen molar-refractivity contribution in [2.75, 3.05) is 24.5 Å². The number of hydrogen-bond acceptors (Lipinski definition) is 4. The number of anilines is 1. The zero-order valence-electron chi connectivity index (χ0n) is 12.4. The number of ether oxygens (including phenoxy) is 1. The predicted molar refractivity (Wildman–Crippen MR) is 83.6 cm³/mol. The standard InChI is InChI=1S/C17H23N3O/c18-10-7-14-4-3-13-20(14)16-5-1-2-6-17(16)21-15-8-11-19-12-9-15/h1-2,5-6,14-15,19H,3-4,7-9,11-13H2. The number of nitriles is 1. The minimum absolute atomic E-state index is 0.310. The largest absolute Gasteiger partial charge is 0.488 e. The first-order valence-corrected chi connectivity index (χ1v) is 7.98. The fourth-order valence-electron chi connectivity index (χ4n) is 3.36. The van der Waals surface area contributed by atoms with E-state index >= 15 is 0 Å². The molecule has 1 aromatic rings. The molecule has 0 bridgehead atoms. The van der Waals surface area contributed by atoms with Crippen LogP contribution in [0.15, 0.2) is 24.3 Å². The number of hydrogen-bond donors (Lipinski definition) is 1. The van der Waals surface area contributed by atoms with Crippen molar-refractivity contribution in [2.24, 2.45) is 0 Å². The van der Waals surface area contributed by atoms with Crippen LogP contribution in [0.4, 0.5) is 5.69 Å². The molecule has 0 aromatic heterocycles. The molecule has 1 unspecified atom stereocenters. The Morgan fingerprint density at radius 1 is 1.24 bits per heavy atom. The quantitative estimate of drug-likeness (QED) is 0.924. The average Bonchev–Trinajstić information content (AvgIpc) is 2.97. The highest BCUT2D eigenvalue weighted by molar-refractivity contribution is 5.60. The number of nitrogens with one attached hydrogen (secondary N) is 1. The summed E-state index contributed by atoms with van der Waals surface area (Å²) < 4.78 is 6.26. The van der Waals surface area contributed by atoms with Crippen LogP contribution in [0.25, 0.3) is 0 Å². The van der Waals surface area contributed by atoms with Gasteiger partial charge in [-0.15, -0.1) is 0 Å². The van der Waals surface area contributed by atoms with Gasteiger partial charge in [0.15, 0.2) is 0 Å². The molecule has 0 radical (unpaired) electrons. The highest BCUT2D eigenvalue weighted by atomic mass is 16.5. The number of para-hydroxylation sites is 2. The SMILES string of the molecule is N#CCC1CCCN1c1ccccc1OC1CCNCC1. The summed E-state index contributed by atoms with van der Waals surface area (Å²) in [7, 11) is 0. The number of piperidine rings is 1. The van der Waals surface area contributed by atoms with E-state index in [1.807, 2.05) is 6.07 Å². The first-order chi connectivity index (χ1) is 10.4. The zero-order valence-corrected chi connectivity index (χ0v) is 12.4. The van der Waals surface area contributed by atoms with Gasteiger partial charge >= 0.3 is 0 Å². The maximum absolute atomic E-state index is 9.01. The molecule has 0 spiro atoms. The van der Waals surface area contributed by atoms with Gasteiger partial charge in [-0.05, 0) is 50.9 Å². The van der Waals surface area contributed by atoms with E-state index in [1.165, 1.54) is 0 Å². The van der Waals surface area contributed by atoms with Gasteiger partial charge in [0.25, 0.3) is 0 Å². The molecule has 2 saturated heterocycles. The lowest BCUT2D eigenvalue weighted by Gasteiger charge is -2.30. The van der Waals surface area contributed by atoms with Crippen molar-refractivity contribution < 1.29 is 4.74 Å². The molecular formula is C17H23N3O. The molecule has 1 aromatic carbocycles. The molecule has 0 saturated carbocycles. The van der Waals surface area contributed by atoms with E-state index in [0.717, 1.165) is 56.8 Å². The number of rotatable bonds is 4. The van der Waals surface area contributed by atoms with E-state index in [0.29, 0.717) is 18.6 Å². The van der Waals surface area contributed by atoms with Crippen LogP contribution in [-0.4, -0.2) is 31.8 Å².